The Balaban J connectivity index is 0.000000325. The van der Waals surface area contributed by atoms with E-state index in [2.05, 4.69) is 0 Å². The molecule has 0 fully saturated rings. The number of carboxylic acid groups (broad SMARTS) is 1. The Labute approximate surface area is 96.1 Å². The zero-order valence-electron chi connectivity index (χ0n) is 9.72. The van der Waals surface area contributed by atoms with Crippen LogP contribution in [0.1, 0.15) is 25.8 Å². The van der Waals surface area contributed by atoms with Crippen molar-refractivity contribution in [1.29, 1.82) is 0 Å². The van der Waals surface area contributed by atoms with Crippen molar-refractivity contribution >= 4 is 12.3 Å². The molecule has 1 aromatic rings. The van der Waals surface area contributed by atoms with E-state index in [1.807, 2.05) is 32.0 Å². The summed E-state index contributed by atoms with van der Waals surface area (Å²) in [5.41, 5.74) is 0.843. The molecule has 1 aromatic carbocycles. The van der Waals surface area contributed by atoms with Gasteiger partial charge in [0, 0.05) is 6.42 Å². The second-order valence-corrected chi connectivity index (χ2v) is 3.85. The van der Waals surface area contributed by atoms with Crippen molar-refractivity contribution in [2.75, 3.05) is 0 Å². The first-order valence-electron chi connectivity index (χ1n) is 5.25. The van der Waals surface area contributed by atoms with Crippen molar-refractivity contribution in [3.63, 3.8) is 0 Å². The van der Waals surface area contributed by atoms with Crippen LogP contribution in [0.5, 0.6) is 0 Å². The van der Waals surface area contributed by atoms with Crippen molar-refractivity contribution in [2.45, 2.75) is 26.7 Å². The SMILES string of the molecule is CC(C)CC=O.O=C(O)Cc1ccccc1. The first-order valence-corrected chi connectivity index (χ1v) is 5.25. The van der Waals surface area contributed by atoms with Crippen LogP contribution in [-0.4, -0.2) is 17.4 Å². The van der Waals surface area contributed by atoms with Gasteiger partial charge in [0.05, 0.1) is 6.42 Å². The molecule has 3 heteroatoms. The molecule has 0 aromatic heterocycles. The van der Waals surface area contributed by atoms with Crippen LogP contribution in [0.2, 0.25) is 0 Å². The molecule has 0 amide bonds. The standard InChI is InChI=1S/C8H8O2.C5H10O/c9-8(10)6-7-4-2-1-3-5-7;1-5(2)3-4-6/h1-5H,6H2,(H,9,10);4-5H,3H2,1-2H3. The number of carbonyl (C=O) groups is 2. The molecule has 1 N–H and O–H groups in total. The van der Waals surface area contributed by atoms with E-state index in [-0.39, 0.29) is 6.42 Å². The molecule has 0 saturated carbocycles. The number of carboxylic acids is 1. The van der Waals surface area contributed by atoms with E-state index in [9.17, 15) is 9.59 Å². The third kappa shape index (κ3) is 8.94. The van der Waals surface area contributed by atoms with E-state index < -0.39 is 5.97 Å². The molecule has 0 aliphatic rings. The predicted molar refractivity (Wildman–Crippen MR) is 63.3 cm³/mol. The van der Waals surface area contributed by atoms with Crippen LogP contribution < -0.4 is 0 Å². The molecule has 3 nitrogen and oxygen atoms in total. The minimum absolute atomic E-state index is 0.112. The monoisotopic (exact) mass is 222 g/mol. The summed E-state index contributed by atoms with van der Waals surface area (Å²) < 4.78 is 0. The Morgan fingerprint density at radius 1 is 1.31 bits per heavy atom. The molecule has 0 saturated heterocycles. The van der Waals surface area contributed by atoms with Gasteiger partial charge in [0.1, 0.15) is 6.29 Å². The van der Waals surface area contributed by atoms with Gasteiger partial charge < -0.3 is 9.90 Å². The minimum Gasteiger partial charge on any atom is -0.481 e. The number of rotatable bonds is 4. The molecule has 16 heavy (non-hydrogen) atoms. The number of hydrogen-bond acceptors (Lipinski definition) is 2. The van der Waals surface area contributed by atoms with E-state index in [1.54, 1.807) is 12.1 Å². The Bertz CT molecular complexity index is 304. The minimum atomic E-state index is -0.786. The molecule has 0 heterocycles. The number of aldehydes is 1. The number of carbonyl (C=O) groups excluding carboxylic acids is 1. The fraction of sp³-hybridized carbons (Fsp3) is 0.385. The topological polar surface area (TPSA) is 54.4 Å². The van der Waals surface area contributed by atoms with Gasteiger partial charge in [-0.25, -0.2) is 0 Å². The average Bonchev–Trinajstić information content (AvgIpc) is 2.18. The fourth-order valence-electron chi connectivity index (χ4n) is 0.963. The Morgan fingerprint density at radius 3 is 2.19 bits per heavy atom. The van der Waals surface area contributed by atoms with E-state index >= 15 is 0 Å². The first kappa shape index (κ1) is 14.4. The Hall–Kier alpha value is -1.64. The summed E-state index contributed by atoms with van der Waals surface area (Å²) in [4.78, 5) is 19.8. The van der Waals surface area contributed by atoms with E-state index in [1.165, 1.54) is 0 Å². The van der Waals surface area contributed by atoms with Gasteiger partial charge in [-0.2, -0.15) is 0 Å². The van der Waals surface area contributed by atoms with Gasteiger partial charge in [0.2, 0.25) is 0 Å². The van der Waals surface area contributed by atoms with Gasteiger partial charge in [-0.15, -0.1) is 0 Å². The van der Waals surface area contributed by atoms with Crippen LogP contribution in [0, 0.1) is 5.92 Å². The fourth-order valence-corrected chi connectivity index (χ4v) is 0.963. The zero-order valence-corrected chi connectivity index (χ0v) is 9.72. The first-order chi connectivity index (χ1) is 7.56. The highest BCUT2D eigenvalue weighted by atomic mass is 16.4. The maximum Gasteiger partial charge on any atom is 0.307 e. The lowest BCUT2D eigenvalue weighted by Crippen LogP contribution is -1.98. The van der Waals surface area contributed by atoms with Crippen LogP contribution in [-0.2, 0) is 16.0 Å². The van der Waals surface area contributed by atoms with E-state index in [0.717, 1.165) is 11.8 Å². The van der Waals surface area contributed by atoms with Gasteiger partial charge in [-0.05, 0) is 11.5 Å². The van der Waals surface area contributed by atoms with Crippen molar-refractivity contribution in [2.24, 2.45) is 5.92 Å². The quantitative estimate of drug-likeness (QED) is 0.796. The summed E-state index contributed by atoms with van der Waals surface area (Å²) in [7, 11) is 0. The van der Waals surface area contributed by atoms with Crippen LogP contribution in [0.25, 0.3) is 0 Å². The normalized spacial score (nSPS) is 9.19. The third-order valence-electron chi connectivity index (χ3n) is 1.77. The Morgan fingerprint density at radius 2 is 1.88 bits per heavy atom. The summed E-state index contributed by atoms with van der Waals surface area (Å²) in [6.07, 6.45) is 1.76. The van der Waals surface area contributed by atoms with Crippen molar-refractivity contribution < 1.29 is 14.7 Å². The van der Waals surface area contributed by atoms with Crippen LogP contribution in [0.3, 0.4) is 0 Å². The van der Waals surface area contributed by atoms with Gasteiger partial charge >= 0.3 is 5.97 Å². The van der Waals surface area contributed by atoms with Gasteiger partial charge in [-0.3, -0.25) is 4.79 Å². The number of aliphatic carboxylic acids is 1. The van der Waals surface area contributed by atoms with Gasteiger partial charge in [-0.1, -0.05) is 44.2 Å². The number of benzene rings is 1. The smallest absolute Gasteiger partial charge is 0.307 e. The molecule has 88 valence electrons. The second kappa shape index (κ2) is 8.65. The lowest BCUT2D eigenvalue weighted by Gasteiger charge is -1.92. The summed E-state index contributed by atoms with van der Waals surface area (Å²) in [6.45, 7) is 4.04. The van der Waals surface area contributed by atoms with Crippen LogP contribution in [0.4, 0.5) is 0 Å². The van der Waals surface area contributed by atoms with Crippen molar-refractivity contribution in [1.82, 2.24) is 0 Å². The molecule has 0 spiro atoms. The molecule has 1 rings (SSSR count). The predicted octanol–water partition coefficient (Wildman–Crippen LogP) is 2.55. The lowest BCUT2D eigenvalue weighted by molar-refractivity contribution is -0.136. The van der Waals surface area contributed by atoms with Crippen molar-refractivity contribution in [3.05, 3.63) is 35.9 Å². The highest BCUT2D eigenvalue weighted by Crippen LogP contribution is 1.98. The third-order valence-corrected chi connectivity index (χ3v) is 1.77. The van der Waals surface area contributed by atoms with Crippen LogP contribution in [0.15, 0.2) is 30.3 Å². The largest absolute Gasteiger partial charge is 0.481 e. The van der Waals surface area contributed by atoms with E-state index in [4.69, 9.17) is 5.11 Å². The molecular weight excluding hydrogens is 204 g/mol. The molecule has 0 bridgehead atoms. The summed E-state index contributed by atoms with van der Waals surface area (Å²) in [5.74, 6) is -0.256. The summed E-state index contributed by atoms with van der Waals surface area (Å²) in [5, 5.41) is 8.37. The maximum absolute atomic E-state index is 10.2. The molecular formula is C13H18O3. The summed E-state index contributed by atoms with van der Waals surface area (Å²) in [6, 6.07) is 9.13. The van der Waals surface area contributed by atoms with Gasteiger partial charge in [0.15, 0.2) is 0 Å². The molecule has 0 unspecified atom stereocenters. The molecule has 0 atom stereocenters. The van der Waals surface area contributed by atoms with Gasteiger partial charge in [0.25, 0.3) is 0 Å². The highest BCUT2D eigenvalue weighted by Gasteiger charge is 1.96. The highest BCUT2D eigenvalue weighted by molar-refractivity contribution is 5.70. The molecule has 0 aliphatic heterocycles. The lowest BCUT2D eigenvalue weighted by atomic mass is 10.2. The average molecular weight is 222 g/mol. The zero-order chi connectivity index (χ0) is 12.4. The Kier molecular flexibility index (Phi) is 7.76. The maximum atomic E-state index is 10.2. The van der Waals surface area contributed by atoms with Crippen molar-refractivity contribution in [3.8, 4) is 0 Å². The van der Waals surface area contributed by atoms with Crippen LogP contribution >= 0.6 is 0 Å². The van der Waals surface area contributed by atoms with E-state index in [0.29, 0.717) is 12.3 Å². The second-order valence-electron chi connectivity index (χ2n) is 3.85. The molecule has 0 radical (unpaired) electrons. The number of hydrogen-bond donors (Lipinski definition) is 1. The summed E-state index contributed by atoms with van der Waals surface area (Å²) >= 11 is 0. The molecule has 0 aliphatic carbocycles.